The molecule has 1 N–H and O–H groups in total. The van der Waals surface area contributed by atoms with Gasteiger partial charge in [0, 0.05) is 37.9 Å². The van der Waals surface area contributed by atoms with Crippen LogP contribution in [-0.2, 0) is 4.79 Å². The number of aromatic nitrogens is 3. The van der Waals surface area contributed by atoms with Crippen LogP contribution in [0.4, 0.5) is 5.82 Å². The molecule has 2 aliphatic rings. The molecule has 1 aliphatic heterocycles. The molecule has 2 aromatic rings. The average molecular weight is 327 g/mol. The van der Waals surface area contributed by atoms with Gasteiger partial charge in [0.05, 0.1) is 0 Å². The van der Waals surface area contributed by atoms with Gasteiger partial charge in [0.25, 0.3) is 0 Å². The maximum atomic E-state index is 12.2. The van der Waals surface area contributed by atoms with Gasteiger partial charge < -0.3 is 10.2 Å². The number of hydrogen-bond acceptors (Lipinski definition) is 4. The molecule has 4 rings (SSSR count). The van der Waals surface area contributed by atoms with Crippen LogP contribution in [0.15, 0.2) is 24.5 Å². The molecule has 0 unspecified atom stereocenters. The van der Waals surface area contributed by atoms with E-state index in [2.05, 4.69) is 20.3 Å². The Morgan fingerprint density at radius 3 is 2.75 bits per heavy atom. The molecule has 2 aromatic heterocycles. The Kier molecular flexibility index (Phi) is 4.36. The van der Waals surface area contributed by atoms with Crippen molar-refractivity contribution in [3.63, 3.8) is 0 Å². The molecule has 6 heteroatoms. The summed E-state index contributed by atoms with van der Waals surface area (Å²) in [5.74, 6) is 1.74. The third-order valence-electron chi connectivity index (χ3n) is 5.37. The summed E-state index contributed by atoms with van der Waals surface area (Å²) in [6.45, 7) is 1.93. The van der Waals surface area contributed by atoms with Gasteiger partial charge in [-0.05, 0) is 43.7 Å². The quantitative estimate of drug-likeness (QED) is 0.936. The Labute approximate surface area is 142 Å². The highest BCUT2D eigenvalue weighted by Gasteiger charge is 2.24. The first-order valence-electron chi connectivity index (χ1n) is 9.12. The van der Waals surface area contributed by atoms with Gasteiger partial charge in [-0.25, -0.2) is 9.50 Å². The Hall–Kier alpha value is -2.11. The number of nitrogens with zero attached hydrogens (tertiary/aromatic N) is 4. The van der Waals surface area contributed by atoms with Crippen LogP contribution >= 0.6 is 0 Å². The van der Waals surface area contributed by atoms with Crippen molar-refractivity contribution in [1.82, 2.24) is 19.9 Å². The molecule has 0 radical (unpaired) electrons. The fraction of sp³-hybridized carbons (Fsp3) is 0.611. The molecule has 1 aliphatic carbocycles. The van der Waals surface area contributed by atoms with Crippen molar-refractivity contribution in [3.05, 3.63) is 24.5 Å². The number of anilines is 1. The van der Waals surface area contributed by atoms with Crippen LogP contribution in [0.2, 0.25) is 0 Å². The number of amides is 1. The fourth-order valence-corrected chi connectivity index (χ4v) is 3.96. The molecule has 6 nitrogen and oxygen atoms in total. The van der Waals surface area contributed by atoms with Crippen molar-refractivity contribution >= 4 is 17.4 Å². The molecular formula is C18H25N5O. The van der Waals surface area contributed by atoms with Gasteiger partial charge >= 0.3 is 0 Å². The van der Waals surface area contributed by atoms with Crippen molar-refractivity contribution in [2.75, 3.05) is 18.0 Å². The molecule has 1 saturated heterocycles. The van der Waals surface area contributed by atoms with Gasteiger partial charge in [-0.15, -0.1) is 5.10 Å². The lowest BCUT2D eigenvalue weighted by Crippen LogP contribution is -2.38. The molecule has 1 saturated carbocycles. The Bertz CT molecular complexity index is 698. The summed E-state index contributed by atoms with van der Waals surface area (Å²) in [6.07, 6.45) is 11.3. The number of nitrogens with one attached hydrogen (secondary N) is 1. The first-order chi connectivity index (χ1) is 11.8. The van der Waals surface area contributed by atoms with Crippen LogP contribution in [0.1, 0.15) is 44.9 Å². The lowest BCUT2D eigenvalue weighted by atomic mass is 9.93. The van der Waals surface area contributed by atoms with Gasteiger partial charge in [-0.2, -0.15) is 0 Å². The summed E-state index contributed by atoms with van der Waals surface area (Å²) >= 11 is 0. The summed E-state index contributed by atoms with van der Waals surface area (Å²) in [4.78, 5) is 18.7. The van der Waals surface area contributed by atoms with E-state index in [1.807, 2.05) is 22.8 Å². The van der Waals surface area contributed by atoms with Crippen molar-refractivity contribution < 1.29 is 4.79 Å². The number of fused-ring (bicyclic) bond motifs is 1. The topological polar surface area (TPSA) is 62.5 Å². The molecule has 2 fully saturated rings. The van der Waals surface area contributed by atoms with Crippen LogP contribution in [0, 0.1) is 5.92 Å². The van der Waals surface area contributed by atoms with E-state index in [0.717, 1.165) is 50.2 Å². The van der Waals surface area contributed by atoms with Crippen molar-refractivity contribution in [2.24, 2.45) is 5.92 Å². The first-order valence-corrected chi connectivity index (χ1v) is 9.12. The monoisotopic (exact) mass is 327 g/mol. The standard InChI is InChI=1S/C18H25N5O/c24-18(20-15-3-1-2-4-15)13-14-7-10-22(11-8-14)17-6-5-16-19-9-12-23(16)21-17/h5-6,9,12,14-15H,1-4,7-8,10-11,13H2,(H,20,24). The van der Waals surface area contributed by atoms with Gasteiger partial charge in [-0.1, -0.05) is 12.8 Å². The summed E-state index contributed by atoms with van der Waals surface area (Å²) in [5.41, 5.74) is 0.872. The van der Waals surface area contributed by atoms with E-state index in [-0.39, 0.29) is 5.91 Å². The van der Waals surface area contributed by atoms with Crippen LogP contribution in [0.3, 0.4) is 0 Å². The predicted octanol–water partition coefficient (Wildman–Crippen LogP) is 2.39. The van der Waals surface area contributed by atoms with Crippen LogP contribution in [0.5, 0.6) is 0 Å². The highest BCUT2D eigenvalue weighted by molar-refractivity contribution is 5.76. The highest BCUT2D eigenvalue weighted by Crippen LogP contribution is 2.25. The minimum atomic E-state index is 0.248. The lowest BCUT2D eigenvalue weighted by molar-refractivity contribution is -0.122. The molecular weight excluding hydrogens is 302 g/mol. The fourth-order valence-electron chi connectivity index (χ4n) is 3.96. The smallest absolute Gasteiger partial charge is 0.220 e. The predicted molar refractivity (Wildman–Crippen MR) is 92.9 cm³/mol. The summed E-state index contributed by atoms with van der Waals surface area (Å²) in [7, 11) is 0. The number of piperidine rings is 1. The Balaban J connectivity index is 1.28. The second-order valence-corrected chi connectivity index (χ2v) is 7.10. The highest BCUT2D eigenvalue weighted by atomic mass is 16.1. The van der Waals surface area contributed by atoms with Gasteiger partial charge in [0.1, 0.15) is 5.82 Å². The first kappa shape index (κ1) is 15.4. The van der Waals surface area contributed by atoms with Gasteiger partial charge in [0.2, 0.25) is 5.91 Å². The van der Waals surface area contributed by atoms with E-state index in [1.54, 1.807) is 6.20 Å². The van der Waals surface area contributed by atoms with Crippen LogP contribution < -0.4 is 10.2 Å². The summed E-state index contributed by atoms with van der Waals surface area (Å²) in [5, 5.41) is 7.83. The van der Waals surface area contributed by atoms with E-state index in [9.17, 15) is 4.79 Å². The van der Waals surface area contributed by atoms with E-state index in [0.29, 0.717) is 18.4 Å². The van der Waals surface area contributed by atoms with Crippen molar-refractivity contribution in [1.29, 1.82) is 0 Å². The number of imidazole rings is 1. The van der Waals surface area contributed by atoms with Gasteiger partial charge in [-0.3, -0.25) is 4.79 Å². The van der Waals surface area contributed by atoms with Gasteiger partial charge in [0.15, 0.2) is 5.65 Å². The number of carbonyl (C=O) groups is 1. The largest absolute Gasteiger partial charge is 0.355 e. The summed E-state index contributed by atoms with van der Waals surface area (Å²) in [6, 6.07) is 4.47. The maximum Gasteiger partial charge on any atom is 0.220 e. The number of rotatable bonds is 4. The third-order valence-corrected chi connectivity index (χ3v) is 5.37. The minimum absolute atomic E-state index is 0.248. The van der Waals surface area contributed by atoms with E-state index < -0.39 is 0 Å². The zero-order valence-corrected chi connectivity index (χ0v) is 14.0. The second kappa shape index (κ2) is 6.79. The zero-order chi connectivity index (χ0) is 16.4. The molecule has 0 spiro atoms. The molecule has 3 heterocycles. The Morgan fingerprint density at radius 1 is 1.17 bits per heavy atom. The lowest BCUT2D eigenvalue weighted by Gasteiger charge is -2.32. The zero-order valence-electron chi connectivity index (χ0n) is 14.0. The molecule has 24 heavy (non-hydrogen) atoms. The Morgan fingerprint density at radius 2 is 1.96 bits per heavy atom. The molecule has 0 atom stereocenters. The van der Waals surface area contributed by atoms with Crippen LogP contribution in [0.25, 0.3) is 5.65 Å². The van der Waals surface area contributed by atoms with Crippen LogP contribution in [-0.4, -0.2) is 39.6 Å². The minimum Gasteiger partial charge on any atom is -0.355 e. The number of hydrogen-bond donors (Lipinski definition) is 1. The summed E-state index contributed by atoms with van der Waals surface area (Å²) < 4.78 is 1.82. The van der Waals surface area contributed by atoms with E-state index in [1.165, 1.54) is 12.8 Å². The van der Waals surface area contributed by atoms with Crippen molar-refractivity contribution in [2.45, 2.75) is 51.0 Å². The van der Waals surface area contributed by atoms with E-state index >= 15 is 0 Å². The SMILES string of the molecule is O=C(CC1CCN(c2ccc3nccn3n2)CC1)NC1CCCC1. The normalized spacial score (nSPS) is 19.9. The maximum absolute atomic E-state index is 12.2. The van der Waals surface area contributed by atoms with Crippen molar-refractivity contribution in [3.8, 4) is 0 Å². The van der Waals surface area contributed by atoms with E-state index in [4.69, 9.17) is 0 Å². The molecule has 0 bridgehead atoms. The second-order valence-electron chi connectivity index (χ2n) is 7.10. The number of carbonyl (C=O) groups excluding carboxylic acids is 1. The average Bonchev–Trinajstić information content (AvgIpc) is 3.26. The molecule has 0 aromatic carbocycles. The molecule has 1 amide bonds. The molecule has 128 valence electrons. The third kappa shape index (κ3) is 3.37.